The summed E-state index contributed by atoms with van der Waals surface area (Å²) in [5.41, 5.74) is 0.771. The van der Waals surface area contributed by atoms with Crippen LogP contribution < -0.4 is 5.32 Å². The van der Waals surface area contributed by atoms with E-state index in [1.54, 1.807) is 24.3 Å². The van der Waals surface area contributed by atoms with Gasteiger partial charge >= 0.3 is 0 Å². The first-order valence-electron chi connectivity index (χ1n) is 4.21. The summed E-state index contributed by atoms with van der Waals surface area (Å²) in [5, 5.41) is 11.9. The number of amides is 1. The number of rotatable bonds is 3. The van der Waals surface area contributed by atoms with Crippen molar-refractivity contribution in [2.24, 2.45) is 0 Å². The van der Waals surface area contributed by atoms with Gasteiger partial charge in [-0.1, -0.05) is 29.3 Å². The Morgan fingerprint density at radius 1 is 1.47 bits per heavy atom. The van der Waals surface area contributed by atoms with E-state index < -0.39 is 0 Å². The molecule has 1 aromatic carbocycles. The Hall–Kier alpha value is -1.24. The summed E-state index contributed by atoms with van der Waals surface area (Å²) >= 11 is 11.6. The average Bonchev–Trinajstić information content (AvgIpc) is 2.17. The van der Waals surface area contributed by atoms with Crippen molar-refractivity contribution in [3.63, 3.8) is 0 Å². The maximum absolute atomic E-state index is 11.0. The number of nitriles is 1. The van der Waals surface area contributed by atoms with Gasteiger partial charge in [-0.05, 0) is 17.7 Å². The minimum Gasteiger partial charge on any atom is -0.351 e. The van der Waals surface area contributed by atoms with E-state index in [1.807, 2.05) is 0 Å². The Balaban J connectivity index is 2.59. The first-order valence-corrected chi connectivity index (χ1v) is 4.96. The Bertz CT molecular complexity index is 412. The van der Waals surface area contributed by atoms with Crippen molar-refractivity contribution in [3.05, 3.63) is 33.8 Å². The zero-order chi connectivity index (χ0) is 11.3. The van der Waals surface area contributed by atoms with Crippen LogP contribution in [0.3, 0.4) is 0 Å². The summed E-state index contributed by atoms with van der Waals surface area (Å²) in [6.45, 7) is 0.302. The van der Waals surface area contributed by atoms with E-state index in [0.29, 0.717) is 16.6 Å². The highest BCUT2D eigenvalue weighted by Gasteiger charge is 2.03. The van der Waals surface area contributed by atoms with Crippen molar-refractivity contribution in [1.82, 2.24) is 5.32 Å². The smallest absolute Gasteiger partial charge is 0.234 e. The van der Waals surface area contributed by atoms with Gasteiger partial charge in [0.2, 0.25) is 5.91 Å². The van der Waals surface area contributed by atoms with Crippen LogP contribution in [0.5, 0.6) is 0 Å². The van der Waals surface area contributed by atoms with Crippen LogP contribution in [0, 0.1) is 11.3 Å². The summed E-state index contributed by atoms with van der Waals surface area (Å²) in [7, 11) is 0. The van der Waals surface area contributed by atoms with Crippen molar-refractivity contribution in [2.75, 3.05) is 0 Å². The number of halogens is 2. The Morgan fingerprint density at radius 3 is 2.80 bits per heavy atom. The molecule has 0 saturated carbocycles. The van der Waals surface area contributed by atoms with Gasteiger partial charge in [0.1, 0.15) is 6.42 Å². The molecular formula is C10H8Cl2N2O. The quantitative estimate of drug-likeness (QED) is 0.886. The van der Waals surface area contributed by atoms with Gasteiger partial charge in [0.25, 0.3) is 0 Å². The molecule has 1 N–H and O–H groups in total. The third-order valence-electron chi connectivity index (χ3n) is 1.73. The van der Waals surface area contributed by atoms with Gasteiger partial charge in [0.05, 0.1) is 6.07 Å². The van der Waals surface area contributed by atoms with Crippen LogP contribution in [-0.4, -0.2) is 5.91 Å². The fourth-order valence-corrected chi connectivity index (χ4v) is 1.47. The van der Waals surface area contributed by atoms with Gasteiger partial charge in [-0.3, -0.25) is 4.79 Å². The third kappa shape index (κ3) is 3.78. The van der Waals surface area contributed by atoms with Crippen LogP contribution in [0.1, 0.15) is 12.0 Å². The standard InChI is InChI=1S/C10H8Cl2N2O/c11-8-2-1-7(9(12)5-8)6-14-10(15)3-4-13/h1-2,5H,3,6H2,(H,14,15). The maximum atomic E-state index is 11.0. The normalized spacial score (nSPS) is 9.40. The highest BCUT2D eigenvalue weighted by Crippen LogP contribution is 2.20. The Morgan fingerprint density at radius 2 is 2.20 bits per heavy atom. The molecule has 3 nitrogen and oxygen atoms in total. The number of hydrogen-bond donors (Lipinski definition) is 1. The van der Waals surface area contributed by atoms with Crippen LogP contribution in [0.4, 0.5) is 0 Å². The van der Waals surface area contributed by atoms with Crippen molar-refractivity contribution >= 4 is 29.1 Å². The largest absolute Gasteiger partial charge is 0.351 e. The fourth-order valence-electron chi connectivity index (χ4n) is 0.993. The molecule has 0 spiro atoms. The molecule has 15 heavy (non-hydrogen) atoms. The lowest BCUT2D eigenvalue weighted by Gasteiger charge is -2.05. The van der Waals surface area contributed by atoms with E-state index in [9.17, 15) is 4.79 Å². The number of nitrogens with zero attached hydrogens (tertiary/aromatic N) is 1. The molecule has 0 fully saturated rings. The minimum absolute atomic E-state index is 0.148. The highest BCUT2D eigenvalue weighted by atomic mass is 35.5. The Labute approximate surface area is 97.6 Å². The molecular weight excluding hydrogens is 235 g/mol. The van der Waals surface area contributed by atoms with Gasteiger partial charge in [-0.15, -0.1) is 0 Å². The molecule has 5 heteroatoms. The Kier molecular flexibility index (Phi) is 4.41. The minimum atomic E-state index is -0.316. The molecule has 0 aromatic heterocycles. The van der Waals surface area contributed by atoms with Gasteiger partial charge < -0.3 is 5.32 Å². The van der Waals surface area contributed by atoms with Crippen molar-refractivity contribution < 1.29 is 4.79 Å². The molecule has 0 aliphatic heterocycles. The predicted octanol–water partition coefficient (Wildman–Crippen LogP) is 2.52. The second kappa shape index (κ2) is 5.59. The first-order chi connectivity index (χ1) is 7.13. The molecule has 0 aliphatic carbocycles. The molecule has 0 bridgehead atoms. The molecule has 0 atom stereocenters. The zero-order valence-electron chi connectivity index (χ0n) is 7.76. The molecule has 0 radical (unpaired) electrons. The SMILES string of the molecule is N#CCC(=O)NCc1ccc(Cl)cc1Cl. The van der Waals surface area contributed by atoms with Gasteiger partial charge in [0.15, 0.2) is 0 Å². The van der Waals surface area contributed by atoms with E-state index in [-0.39, 0.29) is 12.3 Å². The van der Waals surface area contributed by atoms with Crippen molar-refractivity contribution in [2.45, 2.75) is 13.0 Å². The summed E-state index contributed by atoms with van der Waals surface area (Å²) in [4.78, 5) is 11.0. The van der Waals surface area contributed by atoms with Gasteiger partial charge in [-0.2, -0.15) is 5.26 Å². The molecule has 0 aliphatic rings. The third-order valence-corrected chi connectivity index (χ3v) is 2.32. The molecule has 1 amide bonds. The molecule has 1 aromatic rings. The van der Waals surface area contributed by atoms with Gasteiger partial charge in [0, 0.05) is 16.6 Å². The maximum Gasteiger partial charge on any atom is 0.234 e. The average molecular weight is 243 g/mol. The number of hydrogen-bond acceptors (Lipinski definition) is 2. The van der Waals surface area contributed by atoms with Crippen LogP contribution in [0.25, 0.3) is 0 Å². The second-order valence-corrected chi connectivity index (χ2v) is 3.69. The lowest BCUT2D eigenvalue weighted by molar-refractivity contribution is -0.120. The molecule has 1 rings (SSSR count). The molecule has 78 valence electrons. The number of carbonyl (C=O) groups is 1. The predicted molar refractivity (Wildman–Crippen MR) is 58.5 cm³/mol. The van der Waals surface area contributed by atoms with E-state index >= 15 is 0 Å². The number of benzene rings is 1. The van der Waals surface area contributed by atoms with E-state index in [0.717, 1.165) is 5.56 Å². The van der Waals surface area contributed by atoms with Crippen molar-refractivity contribution in [3.8, 4) is 6.07 Å². The highest BCUT2D eigenvalue weighted by molar-refractivity contribution is 6.35. The molecule has 0 heterocycles. The topological polar surface area (TPSA) is 52.9 Å². The molecule has 0 unspecified atom stereocenters. The monoisotopic (exact) mass is 242 g/mol. The van der Waals surface area contributed by atoms with Crippen LogP contribution in [0.15, 0.2) is 18.2 Å². The lowest BCUT2D eigenvalue weighted by Crippen LogP contribution is -2.21. The summed E-state index contributed by atoms with van der Waals surface area (Å²) in [6.07, 6.45) is -0.148. The second-order valence-electron chi connectivity index (χ2n) is 2.85. The summed E-state index contributed by atoms with van der Waals surface area (Å²) in [6, 6.07) is 6.79. The van der Waals surface area contributed by atoms with Crippen LogP contribution in [0.2, 0.25) is 10.0 Å². The van der Waals surface area contributed by atoms with E-state index in [2.05, 4.69) is 5.32 Å². The lowest BCUT2D eigenvalue weighted by atomic mass is 10.2. The first kappa shape index (κ1) is 11.8. The number of nitrogens with one attached hydrogen (secondary N) is 1. The molecule has 0 saturated heterocycles. The summed E-state index contributed by atoms with van der Waals surface area (Å²) < 4.78 is 0. The zero-order valence-corrected chi connectivity index (χ0v) is 9.27. The van der Waals surface area contributed by atoms with Crippen LogP contribution >= 0.6 is 23.2 Å². The fraction of sp³-hybridized carbons (Fsp3) is 0.200. The van der Waals surface area contributed by atoms with E-state index in [4.69, 9.17) is 28.5 Å². The summed E-state index contributed by atoms with van der Waals surface area (Å²) in [5.74, 6) is -0.316. The number of carbonyl (C=O) groups excluding carboxylic acids is 1. The van der Waals surface area contributed by atoms with Gasteiger partial charge in [-0.25, -0.2) is 0 Å². The van der Waals surface area contributed by atoms with Crippen molar-refractivity contribution in [1.29, 1.82) is 5.26 Å². The van der Waals surface area contributed by atoms with Crippen LogP contribution in [-0.2, 0) is 11.3 Å². The van der Waals surface area contributed by atoms with E-state index in [1.165, 1.54) is 0 Å².